The number of fused-ring (bicyclic) bond motifs is 4. The summed E-state index contributed by atoms with van der Waals surface area (Å²) in [6, 6.07) is 8.10. The molecule has 1 N–H and O–H groups in total. The average molecular weight is 352 g/mol. The lowest BCUT2D eigenvalue weighted by atomic mass is 9.76. The van der Waals surface area contributed by atoms with E-state index in [0.29, 0.717) is 5.92 Å². The number of pyridine rings is 1. The number of nitrogens with zero attached hydrogens (tertiary/aromatic N) is 2. The summed E-state index contributed by atoms with van der Waals surface area (Å²) in [5.74, 6) is 1.45. The molecular formula is C22H28N2O2. The normalized spacial score (nSPS) is 28.0. The lowest BCUT2D eigenvalue weighted by Crippen LogP contribution is -2.52. The molecule has 26 heavy (non-hydrogen) atoms. The van der Waals surface area contributed by atoms with E-state index >= 15 is 0 Å². The highest BCUT2D eigenvalue weighted by molar-refractivity contribution is 5.84. The molecule has 5 rings (SSSR count). The van der Waals surface area contributed by atoms with Gasteiger partial charge in [-0.15, -0.1) is 0 Å². The van der Waals surface area contributed by atoms with Crippen molar-refractivity contribution in [1.82, 2.24) is 9.88 Å². The van der Waals surface area contributed by atoms with E-state index in [1.807, 2.05) is 38.1 Å². The molecular weight excluding hydrogens is 324 g/mol. The van der Waals surface area contributed by atoms with Crippen LogP contribution in [0.25, 0.3) is 10.9 Å². The van der Waals surface area contributed by atoms with Crippen molar-refractivity contribution in [2.24, 2.45) is 5.92 Å². The smallest absolute Gasteiger partial charge is 0.120 e. The van der Waals surface area contributed by atoms with E-state index in [-0.39, 0.29) is 12.1 Å². The van der Waals surface area contributed by atoms with Crippen molar-refractivity contribution in [3.63, 3.8) is 0 Å². The standard InChI is InChI=1S/C22H28N2O2/c1-4-15-13-24-10-8-16(15)11-21(24)22(25)18-7-9-23-20-6-5-17(12-19(18)20)26-14(2)3/h4-7,9,12,14,16,21-22,25H,8,10-11,13H2,1-3H3/t16-,21-,22+/m0/s1. The number of aliphatic hydroxyl groups is 1. The van der Waals surface area contributed by atoms with Crippen molar-refractivity contribution in [1.29, 1.82) is 0 Å². The van der Waals surface area contributed by atoms with Crippen LogP contribution in [0.4, 0.5) is 0 Å². The van der Waals surface area contributed by atoms with E-state index in [1.165, 1.54) is 12.0 Å². The maximum Gasteiger partial charge on any atom is 0.120 e. The van der Waals surface area contributed by atoms with Crippen molar-refractivity contribution >= 4 is 10.9 Å². The van der Waals surface area contributed by atoms with E-state index in [9.17, 15) is 5.11 Å². The zero-order valence-corrected chi connectivity index (χ0v) is 15.9. The highest BCUT2D eigenvalue weighted by atomic mass is 16.5. The number of ether oxygens (including phenoxy) is 1. The molecule has 3 aliphatic heterocycles. The number of hydrogen-bond donors (Lipinski definition) is 1. The summed E-state index contributed by atoms with van der Waals surface area (Å²) in [6.07, 6.45) is 5.93. The Bertz CT molecular complexity index is 830. The van der Waals surface area contributed by atoms with Crippen molar-refractivity contribution in [2.45, 2.75) is 51.9 Å². The molecule has 3 fully saturated rings. The number of aromatic nitrogens is 1. The number of hydrogen-bond acceptors (Lipinski definition) is 4. The Morgan fingerprint density at radius 1 is 1.31 bits per heavy atom. The minimum atomic E-state index is -0.504. The van der Waals surface area contributed by atoms with Gasteiger partial charge in [-0.3, -0.25) is 9.88 Å². The molecule has 4 heterocycles. The van der Waals surface area contributed by atoms with Gasteiger partial charge in [-0.05, 0) is 75.9 Å². The molecule has 4 heteroatoms. The van der Waals surface area contributed by atoms with E-state index in [2.05, 4.69) is 22.9 Å². The predicted octanol–water partition coefficient (Wildman–Crippen LogP) is 4.10. The van der Waals surface area contributed by atoms with Crippen LogP contribution in [0.15, 0.2) is 42.1 Å². The SMILES string of the molecule is CC=C1CN2CC[C@H]1C[C@H]2[C@H](O)c1ccnc2ccc(OC(C)C)cc12. The average Bonchev–Trinajstić information content (AvgIpc) is 2.66. The van der Waals surface area contributed by atoms with Crippen LogP contribution in [0.3, 0.4) is 0 Å². The summed E-state index contributed by atoms with van der Waals surface area (Å²) in [5, 5.41) is 12.3. The van der Waals surface area contributed by atoms with Crippen molar-refractivity contribution in [3.8, 4) is 5.75 Å². The zero-order valence-electron chi connectivity index (χ0n) is 15.9. The largest absolute Gasteiger partial charge is 0.491 e. The number of allylic oxidation sites excluding steroid dienone is 1. The molecule has 1 aromatic carbocycles. The van der Waals surface area contributed by atoms with Gasteiger partial charge in [0.25, 0.3) is 0 Å². The first kappa shape index (κ1) is 17.5. The van der Waals surface area contributed by atoms with E-state index < -0.39 is 6.10 Å². The summed E-state index contributed by atoms with van der Waals surface area (Å²) >= 11 is 0. The highest BCUT2D eigenvalue weighted by Gasteiger charge is 2.40. The maximum absolute atomic E-state index is 11.3. The molecule has 4 atom stereocenters. The minimum absolute atomic E-state index is 0.122. The highest BCUT2D eigenvalue weighted by Crippen LogP contribution is 2.41. The van der Waals surface area contributed by atoms with Crippen molar-refractivity contribution in [3.05, 3.63) is 47.7 Å². The van der Waals surface area contributed by atoms with Gasteiger partial charge in [0.05, 0.1) is 17.7 Å². The monoisotopic (exact) mass is 352 g/mol. The third kappa shape index (κ3) is 3.12. The third-order valence-corrected chi connectivity index (χ3v) is 5.84. The number of benzene rings is 1. The Morgan fingerprint density at radius 2 is 2.15 bits per heavy atom. The second-order valence-electron chi connectivity index (χ2n) is 7.81. The fourth-order valence-electron chi connectivity index (χ4n) is 4.56. The summed E-state index contributed by atoms with van der Waals surface area (Å²) in [4.78, 5) is 6.92. The fraction of sp³-hybridized carbons (Fsp3) is 0.500. The zero-order chi connectivity index (χ0) is 18.3. The third-order valence-electron chi connectivity index (χ3n) is 5.84. The molecule has 3 aliphatic rings. The van der Waals surface area contributed by atoms with Gasteiger partial charge in [0.1, 0.15) is 5.75 Å². The van der Waals surface area contributed by atoms with Crippen LogP contribution in [0, 0.1) is 5.92 Å². The van der Waals surface area contributed by atoms with Crippen LogP contribution in [-0.2, 0) is 0 Å². The van der Waals surface area contributed by atoms with Crippen LogP contribution in [-0.4, -0.2) is 40.2 Å². The molecule has 0 saturated carbocycles. The number of rotatable bonds is 4. The van der Waals surface area contributed by atoms with E-state index in [0.717, 1.165) is 41.7 Å². The second-order valence-corrected chi connectivity index (χ2v) is 7.81. The number of piperidine rings is 3. The lowest BCUT2D eigenvalue weighted by Gasteiger charge is -2.48. The van der Waals surface area contributed by atoms with E-state index in [1.54, 1.807) is 6.20 Å². The Morgan fingerprint density at radius 3 is 2.85 bits per heavy atom. The summed E-state index contributed by atoms with van der Waals surface area (Å²) in [7, 11) is 0. The van der Waals surface area contributed by atoms with Crippen LogP contribution >= 0.6 is 0 Å². The Hall–Kier alpha value is -1.91. The van der Waals surface area contributed by atoms with Gasteiger partial charge in [-0.2, -0.15) is 0 Å². The van der Waals surface area contributed by atoms with E-state index in [4.69, 9.17) is 4.74 Å². The van der Waals surface area contributed by atoms with Crippen LogP contribution < -0.4 is 4.74 Å². The molecule has 3 saturated heterocycles. The van der Waals surface area contributed by atoms with Gasteiger partial charge in [0.2, 0.25) is 0 Å². The van der Waals surface area contributed by atoms with Gasteiger partial charge in [-0.25, -0.2) is 0 Å². The molecule has 2 aromatic rings. The molecule has 4 nitrogen and oxygen atoms in total. The first-order valence-electron chi connectivity index (χ1n) is 9.69. The van der Waals surface area contributed by atoms with Crippen molar-refractivity contribution in [2.75, 3.05) is 13.1 Å². The molecule has 0 amide bonds. The molecule has 0 radical (unpaired) electrons. The molecule has 1 aromatic heterocycles. The summed E-state index contributed by atoms with van der Waals surface area (Å²) in [6.45, 7) is 8.25. The fourth-order valence-corrected chi connectivity index (χ4v) is 4.56. The van der Waals surface area contributed by atoms with Crippen LogP contribution in [0.1, 0.15) is 45.3 Å². The Kier molecular flexibility index (Phi) is 4.72. The Labute approximate surface area is 155 Å². The van der Waals surface area contributed by atoms with Gasteiger partial charge >= 0.3 is 0 Å². The van der Waals surface area contributed by atoms with Gasteiger partial charge < -0.3 is 9.84 Å². The minimum Gasteiger partial charge on any atom is -0.491 e. The quantitative estimate of drug-likeness (QED) is 0.842. The molecule has 2 bridgehead atoms. The maximum atomic E-state index is 11.3. The lowest BCUT2D eigenvalue weighted by molar-refractivity contribution is -0.00340. The van der Waals surface area contributed by atoms with Crippen molar-refractivity contribution < 1.29 is 9.84 Å². The van der Waals surface area contributed by atoms with Gasteiger partial charge in [-0.1, -0.05) is 11.6 Å². The Balaban J connectivity index is 1.67. The summed E-state index contributed by atoms with van der Waals surface area (Å²) in [5.41, 5.74) is 3.40. The second kappa shape index (κ2) is 7.01. The van der Waals surface area contributed by atoms with Gasteiger partial charge in [0, 0.05) is 24.2 Å². The predicted molar refractivity (Wildman–Crippen MR) is 104 cm³/mol. The summed E-state index contributed by atoms with van der Waals surface area (Å²) < 4.78 is 5.85. The topological polar surface area (TPSA) is 45.6 Å². The molecule has 138 valence electrons. The molecule has 0 spiro atoms. The van der Waals surface area contributed by atoms with Crippen LogP contribution in [0.2, 0.25) is 0 Å². The first-order chi connectivity index (χ1) is 12.6. The molecule has 1 unspecified atom stereocenters. The molecule has 0 aliphatic carbocycles. The number of aliphatic hydroxyl groups excluding tert-OH is 1. The van der Waals surface area contributed by atoms with Crippen LogP contribution in [0.5, 0.6) is 5.75 Å². The van der Waals surface area contributed by atoms with Gasteiger partial charge in [0.15, 0.2) is 0 Å². The first-order valence-corrected chi connectivity index (χ1v) is 9.69.